The van der Waals surface area contributed by atoms with Gasteiger partial charge in [0.2, 0.25) is 0 Å². The quantitative estimate of drug-likeness (QED) is 0.384. The molecule has 2 fully saturated rings. The number of ether oxygens (including phenoxy) is 1. The lowest BCUT2D eigenvalue weighted by atomic mass is 10.1. The van der Waals surface area contributed by atoms with E-state index in [1.165, 1.54) is 10.9 Å². The Balaban J connectivity index is 1.43. The number of oxime groups is 1. The standard InChI is InChI=1S/C17H16N6O3/c1-18-17(6-7-17)12-2-4-14(5-3-12)23-11-15(26-16(23)24)10-22-9-13(8-19-25)20-21-22/h2-5,8-9,15,25H,6-7,10-11H2/b19-8+/t15-/m0/s1. The molecule has 2 heterocycles. The van der Waals surface area contributed by atoms with E-state index >= 15 is 0 Å². The van der Waals surface area contributed by atoms with E-state index in [0.717, 1.165) is 24.1 Å². The van der Waals surface area contributed by atoms with E-state index in [2.05, 4.69) is 20.3 Å². The number of hydrogen-bond acceptors (Lipinski definition) is 6. The van der Waals surface area contributed by atoms with Crippen LogP contribution in [0.4, 0.5) is 10.5 Å². The molecule has 1 saturated heterocycles. The molecule has 0 radical (unpaired) electrons. The first kappa shape index (κ1) is 16.1. The van der Waals surface area contributed by atoms with Gasteiger partial charge in [-0.15, -0.1) is 5.10 Å². The average Bonchev–Trinajstić information content (AvgIpc) is 3.20. The highest BCUT2D eigenvalue weighted by molar-refractivity contribution is 5.89. The van der Waals surface area contributed by atoms with Crippen molar-refractivity contribution in [2.75, 3.05) is 11.4 Å². The molecular formula is C17H16N6O3. The van der Waals surface area contributed by atoms with Crippen LogP contribution in [0.3, 0.4) is 0 Å². The molecule has 2 aliphatic rings. The van der Waals surface area contributed by atoms with E-state index in [1.54, 1.807) is 11.1 Å². The molecule has 0 unspecified atom stereocenters. The van der Waals surface area contributed by atoms with Gasteiger partial charge in [-0.05, 0) is 24.3 Å². The number of anilines is 1. The highest BCUT2D eigenvalue weighted by atomic mass is 16.6. The maximum atomic E-state index is 12.2. The second-order valence-corrected chi connectivity index (χ2v) is 6.42. The zero-order chi connectivity index (χ0) is 18.1. The van der Waals surface area contributed by atoms with E-state index in [-0.39, 0.29) is 11.6 Å². The molecular weight excluding hydrogens is 336 g/mol. The Morgan fingerprint density at radius 3 is 2.85 bits per heavy atom. The summed E-state index contributed by atoms with van der Waals surface area (Å²) in [4.78, 5) is 17.5. The molecule has 0 spiro atoms. The maximum Gasteiger partial charge on any atom is 0.414 e. The van der Waals surface area contributed by atoms with Crippen molar-refractivity contribution in [3.63, 3.8) is 0 Å². The van der Waals surface area contributed by atoms with Crippen LogP contribution in [0.15, 0.2) is 35.6 Å². The first-order valence-electron chi connectivity index (χ1n) is 8.18. The third-order valence-corrected chi connectivity index (χ3v) is 4.67. The van der Waals surface area contributed by atoms with Crippen molar-refractivity contribution < 1.29 is 14.7 Å². The molecule has 9 heteroatoms. The van der Waals surface area contributed by atoms with Crippen molar-refractivity contribution in [3.05, 3.63) is 53.1 Å². The predicted octanol–water partition coefficient (Wildman–Crippen LogP) is 2.02. The van der Waals surface area contributed by atoms with E-state index in [4.69, 9.17) is 16.5 Å². The zero-order valence-corrected chi connectivity index (χ0v) is 13.8. The second-order valence-electron chi connectivity index (χ2n) is 6.42. The molecule has 1 atom stereocenters. The molecule has 1 N–H and O–H groups in total. The first-order valence-corrected chi connectivity index (χ1v) is 8.18. The van der Waals surface area contributed by atoms with Crippen molar-refractivity contribution in [1.29, 1.82) is 0 Å². The Hall–Kier alpha value is -3.41. The Kier molecular flexibility index (Phi) is 3.80. The first-order chi connectivity index (χ1) is 12.6. The number of carbonyl (C=O) groups excluding carboxylic acids is 1. The van der Waals surface area contributed by atoms with Gasteiger partial charge in [-0.2, -0.15) is 0 Å². The number of carbonyl (C=O) groups is 1. The lowest BCUT2D eigenvalue weighted by Crippen LogP contribution is -2.26. The highest BCUT2D eigenvalue weighted by Crippen LogP contribution is 2.49. The van der Waals surface area contributed by atoms with Crippen LogP contribution in [0.2, 0.25) is 0 Å². The third kappa shape index (κ3) is 2.86. The molecule has 1 aliphatic heterocycles. The van der Waals surface area contributed by atoms with Crippen molar-refractivity contribution in [1.82, 2.24) is 15.0 Å². The van der Waals surface area contributed by atoms with Gasteiger partial charge in [-0.25, -0.2) is 16.0 Å². The molecule has 1 aromatic heterocycles. The van der Waals surface area contributed by atoms with E-state index < -0.39 is 6.09 Å². The molecule has 1 aromatic carbocycles. The molecule has 26 heavy (non-hydrogen) atoms. The topological polar surface area (TPSA) is 97.2 Å². The largest absolute Gasteiger partial charge is 0.442 e. The minimum absolute atomic E-state index is 0.352. The fraction of sp³-hybridized carbons (Fsp3) is 0.353. The Morgan fingerprint density at radius 2 is 2.19 bits per heavy atom. The minimum atomic E-state index is -0.411. The molecule has 1 amide bonds. The summed E-state index contributed by atoms with van der Waals surface area (Å²) in [5.74, 6) is 0. The average molecular weight is 352 g/mol. The van der Waals surface area contributed by atoms with Crippen LogP contribution >= 0.6 is 0 Å². The summed E-state index contributed by atoms with van der Waals surface area (Å²) in [7, 11) is 0. The fourth-order valence-corrected chi connectivity index (χ4v) is 3.09. The second kappa shape index (κ2) is 6.15. The lowest BCUT2D eigenvalue weighted by molar-refractivity contribution is 0.129. The summed E-state index contributed by atoms with van der Waals surface area (Å²) in [6.45, 7) is 8.08. The van der Waals surface area contributed by atoms with Crippen LogP contribution in [0, 0.1) is 6.57 Å². The molecule has 2 aromatic rings. The summed E-state index contributed by atoms with van der Waals surface area (Å²) in [6.07, 6.45) is 3.79. The summed E-state index contributed by atoms with van der Waals surface area (Å²) >= 11 is 0. The number of cyclic esters (lactones) is 1. The van der Waals surface area contributed by atoms with Crippen molar-refractivity contribution >= 4 is 18.0 Å². The number of aromatic nitrogens is 3. The maximum absolute atomic E-state index is 12.2. The van der Waals surface area contributed by atoms with E-state index in [1.807, 2.05) is 24.3 Å². The Labute approximate surface area is 149 Å². The lowest BCUT2D eigenvalue weighted by Gasteiger charge is -2.13. The molecule has 1 aliphatic carbocycles. The van der Waals surface area contributed by atoms with Gasteiger partial charge in [0.25, 0.3) is 5.54 Å². The number of hydrogen-bond donors (Lipinski definition) is 1. The normalized spacial score (nSPS) is 21.0. The fourth-order valence-electron chi connectivity index (χ4n) is 3.09. The van der Waals surface area contributed by atoms with Gasteiger partial charge in [0.1, 0.15) is 11.8 Å². The summed E-state index contributed by atoms with van der Waals surface area (Å²) in [5.41, 5.74) is 1.81. The van der Waals surface area contributed by atoms with Crippen LogP contribution in [-0.4, -0.2) is 45.2 Å². The van der Waals surface area contributed by atoms with Crippen LogP contribution in [0.1, 0.15) is 24.1 Å². The van der Waals surface area contributed by atoms with Crippen LogP contribution < -0.4 is 4.90 Å². The summed E-state index contributed by atoms with van der Waals surface area (Å²) in [5, 5.41) is 19.1. The molecule has 9 nitrogen and oxygen atoms in total. The van der Waals surface area contributed by atoms with Crippen LogP contribution in [0.25, 0.3) is 4.85 Å². The van der Waals surface area contributed by atoms with Gasteiger partial charge < -0.3 is 14.8 Å². The van der Waals surface area contributed by atoms with Gasteiger partial charge in [0, 0.05) is 24.1 Å². The molecule has 1 saturated carbocycles. The van der Waals surface area contributed by atoms with Crippen LogP contribution in [-0.2, 0) is 16.8 Å². The number of amides is 1. The van der Waals surface area contributed by atoms with Crippen LogP contribution in [0.5, 0.6) is 0 Å². The van der Waals surface area contributed by atoms with Crippen molar-refractivity contribution in [2.45, 2.75) is 31.0 Å². The Bertz CT molecular complexity index is 894. The summed E-state index contributed by atoms with van der Waals surface area (Å²) < 4.78 is 6.94. The number of benzene rings is 1. The third-order valence-electron chi connectivity index (χ3n) is 4.67. The SMILES string of the molecule is [C-]#[N+]C1(c2ccc(N3C[C@H](Cn4cc(/C=N/O)nn4)OC3=O)cc2)CC1. The van der Waals surface area contributed by atoms with E-state index in [0.29, 0.717) is 18.8 Å². The smallest absolute Gasteiger partial charge is 0.414 e. The van der Waals surface area contributed by atoms with Crippen molar-refractivity contribution in [3.8, 4) is 0 Å². The number of rotatable bonds is 5. The predicted molar refractivity (Wildman–Crippen MR) is 91.0 cm³/mol. The minimum Gasteiger partial charge on any atom is -0.442 e. The van der Waals surface area contributed by atoms with Gasteiger partial charge in [-0.3, -0.25) is 4.90 Å². The Morgan fingerprint density at radius 1 is 1.42 bits per heavy atom. The molecule has 0 bridgehead atoms. The van der Waals surface area contributed by atoms with Gasteiger partial charge in [0.05, 0.1) is 25.5 Å². The van der Waals surface area contributed by atoms with Crippen molar-refractivity contribution in [2.24, 2.45) is 5.16 Å². The molecule has 4 rings (SSSR count). The highest BCUT2D eigenvalue weighted by Gasteiger charge is 2.52. The monoisotopic (exact) mass is 352 g/mol. The van der Waals surface area contributed by atoms with E-state index in [9.17, 15) is 4.79 Å². The zero-order valence-electron chi connectivity index (χ0n) is 13.8. The summed E-state index contributed by atoms with van der Waals surface area (Å²) in [6, 6.07) is 7.54. The van der Waals surface area contributed by atoms with Gasteiger partial charge >= 0.3 is 6.09 Å². The van der Waals surface area contributed by atoms with Gasteiger partial charge in [0.15, 0.2) is 0 Å². The number of nitrogens with zero attached hydrogens (tertiary/aromatic N) is 6. The molecule has 132 valence electrons. The van der Waals surface area contributed by atoms with Gasteiger partial charge in [-0.1, -0.05) is 10.4 Å².